The van der Waals surface area contributed by atoms with Crippen LogP contribution >= 0.6 is 11.6 Å². The van der Waals surface area contributed by atoms with Crippen molar-refractivity contribution >= 4 is 34.6 Å². The van der Waals surface area contributed by atoms with Crippen molar-refractivity contribution in [3.63, 3.8) is 0 Å². The Morgan fingerprint density at radius 3 is 2.86 bits per heavy atom. The Bertz CT molecular complexity index is 1380. The number of halogens is 2. The van der Waals surface area contributed by atoms with Crippen molar-refractivity contribution in [1.29, 1.82) is 0 Å². The van der Waals surface area contributed by atoms with Crippen molar-refractivity contribution in [2.24, 2.45) is 5.92 Å². The quantitative estimate of drug-likeness (QED) is 0.381. The van der Waals surface area contributed by atoms with Crippen molar-refractivity contribution in [1.82, 2.24) is 19.9 Å². The summed E-state index contributed by atoms with van der Waals surface area (Å²) < 4.78 is 21.1. The fourth-order valence-electron chi connectivity index (χ4n) is 4.70. The number of rotatable bonds is 5. The molecule has 1 saturated heterocycles. The van der Waals surface area contributed by atoms with Crippen LogP contribution in [-0.4, -0.2) is 44.9 Å². The summed E-state index contributed by atoms with van der Waals surface area (Å²) in [5.41, 5.74) is 2.36. The first-order chi connectivity index (χ1) is 16.9. The number of piperidine rings is 1. The van der Waals surface area contributed by atoms with Gasteiger partial charge in [0.1, 0.15) is 11.3 Å². The molecular formula is C26H25ClFN5O2. The average Bonchev–Trinajstić information content (AvgIpc) is 3.25. The van der Waals surface area contributed by atoms with Crippen molar-refractivity contribution in [2.45, 2.75) is 32.7 Å². The summed E-state index contributed by atoms with van der Waals surface area (Å²) in [6.07, 6.45) is 4.97. The second kappa shape index (κ2) is 9.62. The highest BCUT2D eigenvalue weighted by molar-refractivity contribution is 6.31. The molecule has 4 aromatic rings. The number of hydrogen-bond donors (Lipinski definition) is 1. The lowest BCUT2D eigenvalue weighted by Crippen LogP contribution is -2.51. The molecule has 2 atom stereocenters. The van der Waals surface area contributed by atoms with Crippen LogP contribution in [-0.2, 0) is 0 Å². The largest absolute Gasteiger partial charge is 0.424 e. The molecule has 3 heterocycles. The topological polar surface area (TPSA) is 84.2 Å². The first-order valence-electron chi connectivity index (χ1n) is 11.6. The van der Waals surface area contributed by atoms with Crippen LogP contribution in [0.3, 0.4) is 0 Å². The molecule has 1 aliphatic heterocycles. The fraction of sp³-hybridized carbons (Fsp3) is 0.308. The molecule has 0 spiro atoms. The van der Waals surface area contributed by atoms with E-state index in [1.54, 1.807) is 54.5 Å². The third kappa shape index (κ3) is 4.71. The van der Waals surface area contributed by atoms with Gasteiger partial charge in [0.2, 0.25) is 0 Å². The number of benzene rings is 2. The molecule has 1 fully saturated rings. The molecule has 1 N–H and O–H groups in total. The van der Waals surface area contributed by atoms with Crippen LogP contribution < -0.4 is 5.32 Å². The van der Waals surface area contributed by atoms with Gasteiger partial charge in [-0.15, -0.1) is 0 Å². The summed E-state index contributed by atoms with van der Waals surface area (Å²) in [6.45, 7) is 4.83. The van der Waals surface area contributed by atoms with Gasteiger partial charge in [-0.2, -0.15) is 4.98 Å². The predicted octanol–water partition coefficient (Wildman–Crippen LogP) is 5.74. The monoisotopic (exact) mass is 493 g/mol. The normalized spacial score (nSPS) is 18.1. The van der Waals surface area contributed by atoms with Gasteiger partial charge in [0.25, 0.3) is 11.9 Å². The van der Waals surface area contributed by atoms with E-state index in [2.05, 4.69) is 27.2 Å². The maximum atomic E-state index is 15.3. The minimum Gasteiger partial charge on any atom is -0.424 e. The first-order valence-corrected chi connectivity index (χ1v) is 12.0. The van der Waals surface area contributed by atoms with E-state index in [9.17, 15) is 4.79 Å². The Kier molecular flexibility index (Phi) is 6.38. The van der Waals surface area contributed by atoms with Gasteiger partial charge in [-0.1, -0.05) is 18.5 Å². The molecule has 180 valence electrons. The van der Waals surface area contributed by atoms with Gasteiger partial charge in [0.15, 0.2) is 11.4 Å². The minimum absolute atomic E-state index is 0.00240. The molecule has 0 aliphatic carbocycles. The van der Waals surface area contributed by atoms with Crippen LogP contribution in [0.5, 0.6) is 0 Å². The smallest absolute Gasteiger partial charge is 0.295 e. The number of nitrogens with zero attached hydrogens (tertiary/aromatic N) is 4. The zero-order valence-electron chi connectivity index (χ0n) is 19.5. The Balaban J connectivity index is 1.44. The van der Waals surface area contributed by atoms with Gasteiger partial charge < -0.3 is 14.6 Å². The van der Waals surface area contributed by atoms with Gasteiger partial charge in [0, 0.05) is 36.1 Å². The minimum atomic E-state index is -0.571. The summed E-state index contributed by atoms with van der Waals surface area (Å²) in [7, 11) is 0. The number of carbonyl (C=O) groups is 1. The Hall–Kier alpha value is -3.52. The van der Waals surface area contributed by atoms with Crippen molar-refractivity contribution in [3.8, 4) is 11.4 Å². The zero-order chi connectivity index (χ0) is 24.5. The summed E-state index contributed by atoms with van der Waals surface area (Å²) in [4.78, 5) is 28.5. The highest BCUT2D eigenvalue weighted by atomic mass is 35.5. The molecule has 9 heteroatoms. The lowest BCUT2D eigenvalue weighted by Gasteiger charge is -2.40. The third-order valence-corrected chi connectivity index (χ3v) is 6.68. The summed E-state index contributed by atoms with van der Waals surface area (Å²) in [5, 5.41) is 3.80. The number of amides is 1. The average molecular weight is 494 g/mol. The van der Waals surface area contributed by atoms with Crippen LogP contribution in [0.25, 0.3) is 22.5 Å². The number of carbonyl (C=O) groups excluding carboxylic acids is 1. The molecule has 0 radical (unpaired) electrons. The molecule has 2 aromatic heterocycles. The Morgan fingerprint density at radius 1 is 1.26 bits per heavy atom. The Morgan fingerprint density at radius 2 is 2.06 bits per heavy atom. The maximum Gasteiger partial charge on any atom is 0.295 e. The van der Waals surface area contributed by atoms with Gasteiger partial charge >= 0.3 is 0 Å². The summed E-state index contributed by atoms with van der Waals surface area (Å²) in [5.74, 6) is -0.418. The van der Waals surface area contributed by atoms with E-state index in [-0.39, 0.29) is 23.4 Å². The third-order valence-electron chi connectivity index (χ3n) is 6.44. The van der Waals surface area contributed by atoms with E-state index in [0.29, 0.717) is 52.2 Å². The molecular weight excluding hydrogens is 469 g/mol. The van der Waals surface area contributed by atoms with Crippen molar-refractivity contribution in [2.75, 3.05) is 18.4 Å². The number of likely N-dealkylation sites (tertiary alicyclic amines) is 1. The molecule has 1 aliphatic rings. The molecule has 0 saturated carbocycles. The highest BCUT2D eigenvalue weighted by Gasteiger charge is 2.35. The maximum absolute atomic E-state index is 15.3. The number of fused-ring (bicyclic) bond motifs is 1. The lowest BCUT2D eigenvalue weighted by atomic mass is 9.89. The molecule has 35 heavy (non-hydrogen) atoms. The van der Waals surface area contributed by atoms with Crippen molar-refractivity contribution < 1.29 is 13.6 Å². The van der Waals surface area contributed by atoms with Gasteiger partial charge in [-0.3, -0.25) is 4.79 Å². The number of hydrogen-bond acceptors (Lipinski definition) is 6. The summed E-state index contributed by atoms with van der Waals surface area (Å²) in [6, 6.07) is 10.2. The fourth-order valence-corrected chi connectivity index (χ4v) is 4.86. The van der Waals surface area contributed by atoms with Gasteiger partial charge in [-0.25, -0.2) is 14.4 Å². The van der Waals surface area contributed by atoms with Crippen LogP contribution in [0, 0.1) is 18.7 Å². The second-order valence-electron chi connectivity index (χ2n) is 8.94. The van der Waals surface area contributed by atoms with Crippen molar-refractivity contribution in [3.05, 3.63) is 70.8 Å². The zero-order valence-corrected chi connectivity index (χ0v) is 20.2. The number of aryl methyl sites for hydroxylation is 1. The second-order valence-corrected chi connectivity index (χ2v) is 9.38. The number of nitrogens with one attached hydrogen (secondary N) is 1. The van der Waals surface area contributed by atoms with Gasteiger partial charge in [-0.05, 0) is 67.6 Å². The molecule has 0 unspecified atom stereocenters. The van der Waals surface area contributed by atoms with E-state index in [0.717, 1.165) is 12.8 Å². The Labute approximate surface area is 207 Å². The lowest BCUT2D eigenvalue weighted by molar-refractivity contribution is 0.0535. The predicted molar refractivity (Wildman–Crippen MR) is 133 cm³/mol. The van der Waals surface area contributed by atoms with Crippen LogP contribution in [0.1, 0.15) is 35.7 Å². The molecule has 7 nitrogen and oxygen atoms in total. The molecule has 2 aromatic carbocycles. The van der Waals surface area contributed by atoms with Crippen LogP contribution in [0.2, 0.25) is 5.02 Å². The van der Waals surface area contributed by atoms with E-state index < -0.39 is 5.82 Å². The first kappa shape index (κ1) is 23.2. The van der Waals surface area contributed by atoms with Crippen LogP contribution in [0.15, 0.2) is 53.2 Å². The van der Waals surface area contributed by atoms with Crippen LogP contribution in [0.4, 0.5) is 10.4 Å². The molecule has 0 bridgehead atoms. The number of aromatic nitrogens is 3. The highest BCUT2D eigenvalue weighted by Crippen LogP contribution is 2.31. The molecule has 1 amide bonds. The number of anilines is 1. The SMILES string of the molecule is Cc1cc(F)c(C(=O)N2CCC[C@@H](C)[C@H]2CNc2nc3cc(Cl)ccc3o2)c(-c2ncccn2)c1. The van der Waals surface area contributed by atoms with E-state index in [1.807, 2.05) is 0 Å². The van der Waals surface area contributed by atoms with E-state index >= 15 is 4.39 Å². The summed E-state index contributed by atoms with van der Waals surface area (Å²) >= 11 is 6.05. The standard InChI is InChI=1S/C26H25ClFN5O2/c1-15-11-18(24-29-8-4-9-30-24)23(19(28)12-15)25(34)33-10-3-5-16(2)21(33)14-31-26-32-20-13-17(27)6-7-22(20)35-26/h4,6-9,11-13,16,21H,3,5,10,14H2,1-2H3,(H,31,32)/t16-,21-/m1/s1. The van der Waals surface area contributed by atoms with Gasteiger partial charge in [0.05, 0.1) is 11.6 Å². The number of oxazole rings is 1. The van der Waals surface area contributed by atoms with E-state index in [4.69, 9.17) is 16.0 Å². The van der Waals surface area contributed by atoms with E-state index in [1.165, 1.54) is 6.07 Å². The molecule has 5 rings (SSSR count).